The van der Waals surface area contributed by atoms with Gasteiger partial charge in [0.25, 0.3) is 0 Å². The lowest BCUT2D eigenvalue weighted by atomic mass is 9.90. The third-order valence-electron chi connectivity index (χ3n) is 3.20. The number of nitrogens with zero attached hydrogens (tertiary/aromatic N) is 2. The van der Waals surface area contributed by atoms with Crippen molar-refractivity contribution in [1.82, 2.24) is 10.2 Å². The van der Waals surface area contributed by atoms with Crippen LogP contribution in [-0.2, 0) is 0 Å². The van der Waals surface area contributed by atoms with Gasteiger partial charge in [0.05, 0.1) is 6.07 Å². The molecule has 1 unspecified atom stereocenters. The van der Waals surface area contributed by atoms with E-state index in [0.717, 1.165) is 26.2 Å². The molecule has 3 nitrogen and oxygen atoms in total. The summed E-state index contributed by atoms with van der Waals surface area (Å²) in [4.78, 5) is 2.35. The summed E-state index contributed by atoms with van der Waals surface area (Å²) >= 11 is 0. The second kappa shape index (κ2) is 6.81. The van der Waals surface area contributed by atoms with Gasteiger partial charge in [0.2, 0.25) is 0 Å². The maximum Gasteiger partial charge on any atom is 0.106 e. The number of nitriles is 1. The fraction of sp³-hybridized carbons (Fsp3) is 0.917. The van der Waals surface area contributed by atoms with Crippen LogP contribution >= 0.6 is 0 Å². The Morgan fingerprint density at radius 2 is 1.87 bits per heavy atom. The van der Waals surface area contributed by atoms with Crippen LogP contribution in [0.15, 0.2) is 0 Å². The molecule has 0 saturated carbocycles. The summed E-state index contributed by atoms with van der Waals surface area (Å²) in [6.45, 7) is 14.5. The van der Waals surface area contributed by atoms with E-state index in [-0.39, 0.29) is 0 Å². The highest BCUT2D eigenvalue weighted by Gasteiger charge is 2.26. The second-order valence-corrected chi connectivity index (χ2v) is 4.42. The van der Waals surface area contributed by atoms with Crippen molar-refractivity contribution in [2.45, 2.75) is 40.2 Å². The minimum Gasteiger partial charge on any atom is -0.303 e. The van der Waals surface area contributed by atoms with Crippen LogP contribution < -0.4 is 5.32 Å². The first-order valence-corrected chi connectivity index (χ1v) is 5.88. The molecule has 0 spiro atoms. The van der Waals surface area contributed by atoms with Gasteiger partial charge in [-0.1, -0.05) is 27.7 Å². The number of rotatable bonds is 7. The fourth-order valence-corrected chi connectivity index (χ4v) is 1.39. The summed E-state index contributed by atoms with van der Waals surface area (Å²) in [6.07, 6.45) is 0. The molecule has 0 saturated heterocycles. The third kappa shape index (κ3) is 4.63. The molecule has 0 heterocycles. The molecule has 0 aromatic heterocycles. The summed E-state index contributed by atoms with van der Waals surface area (Å²) in [6, 6.07) is 2.36. The molecule has 1 atom stereocenters. The van der Waals surface area contributed by atoms with Crippen molar-refractivity contribution in [3.05, 3.63) is 0 Å². The Hall–Kier alpha value is -0.590. The summed E-state index contributed by atoms with van der Waals surface area (Å²) in [5, 5.41) is 12.5. The number of likely N-dealkylation sites (N-methyl/N-ethyl adjacent to an activating group) is 1. The van der Waals surface area contributed by atoms with Gasteiger partial charge in [-0.05, 0) is 25.9 Å². The van der Waals surface area contributed by atoms with Gasteiger partial charge in [0, 0.05) is 13.1 Å². The van der Waals surface area contributed by atoms with E-state index in [1.54, 1.807) is 0 Å². The maximum atomic E-state index is 9.11. The quantitative estimate of drug-likeness (QED) is 0.698. The molecule has 3 heteroatoms. The Labute approximate surface area is 94.5 Å². The Kier molecular flexibility index (Phi) is 6.55. The van der Waals surface area contributed by atoms with Crippen LogP contribution in [0, 0.1) is 17.2 Å². The van der Waals surface area contributed by atoms with Crippen LogP contribution in [0.1, 0.15) is 34.6 Å². The molecule has 1 N–H and O–H groups in total. The highest BCUT2D eigenvalue weighted by atomic mass is 15.1. The van der Waals surface area contributed by atoms with E-state index in [1.165, 1.54) is 0 Å². The summed E-state index contributed by atoms with van der Waals surface area (Å²) in [5.74, 6) is 0.333. The first-order valence-electron chi connectivity index (χ1n) is 5.88. The molecule has 0 aromatic carbocycles. The average molecular weight is 211 g/mol. The van der Waals surface area contributed by atoms with E-state index < -0.39 is 5.54 Å². The number of nitrogens with one attached hydrogen (secondary N) is 1. The molecule has 15 heavy (non-hydrogen) atoms. The SMILES string of the molecule is CCN(CC)CCNC(C)(C#N)C(C)C. The molecular weight excluding hydrogens is 186 g/mol. The van der Waals surface area contributed by atoms with E-state index in [0.29, 0.717) is 5.92 Å². The average Bonchev–Trinajstić information content (AvgIpc) is 2.23. The first-order chi connectivity index (χ1) is 7.00. The van der Waals surface area contributed by atoms with Gasteiger partial charge in [-0.3, -0.25) is 5.32 Å². The molecule has 0 aliphatic heterocycles. The maximum absolute atomic E-state index is 9.11. The van der Waals surface area contributed by atoms with Gasteiger partial charge in [-0.2, -0.15) is 5.26 Å². The molecule has 0 aromatic rings. The van der Waals surface area contributed by atoms with E-state index in [4.69, 9.17) is 5.26 Å². The molecule has 0 bridgehead atoms. The summed E-state index contributed by atoms with van der Waals surface area (Å²) in [7, 11) is 0. The van der Waals surface area contributed by atoms with E-state index in [2.05, 4.69) is 44.0 Å². The van der Waals surface area contributed by atoms with Crippen LogP contribution in [0.4, 0.5) is 0 Å². The summed E-state index contributed by atoms with van der Waals surface area (Å²) in [5.41, 5.74) is -0.396. The van der Waals surface area contributed by atoms with Gasteiger partial charge in [-0.15, -0.1) is 0 Å². The zero-order valence-corrected chi connectivity index (χ0v) is 10.8. The van der Waals surface area contributed by atoms with Gasteiger partial charge < -0.3 is 4.90 Å². The van der Waals surface area contributed by atoms with Crippen LogP contribution in [0.3, 0.4) is 0 Å². The van der Waals surface area contributed by atoms with Crippen molar-refractivity contribution in [2.75, 3.05) is 26.2 Å². The molecule has 0 fully saturated rings. The predicted octanol–water partition coefficient (Wildman–Crippen LogP) is 1.86. The normalized spacial score (nSPS) is 15.3. The van der Waals surface area contributed by atoms with Gasteiger partial charge in [0.1, 0.15) is 5.54 Å². The van der Waals surface area contributed by atoms with Crippen LogP contribution in [0.25, 0.3) is 0 Å². The van der Waals surface area contributed by atoms with Gasteiger partial charge >= 0.3 is 0 Å². The molecule has 88 valence electrons. The fourth-order valence-electron chi connectivity index (χ4n) is 1.39. The second-order valence-electron chi connectivity index (χ2n) is 4.42. The highest BCUT2D eigenvalue weighted by molar-refractivity contribution is 5.05. The molecule has 0 radical (unpaired) electrons. The van der Waals surface area contributed by atoms with Crippen molar-refractivity contribution in [1.29, 1.82) is 5.26 Å². The summed E-state index contributed by atoms with van der Waals surface area (Å²) < 4.78 is 0. The van der Waals surface area contributed by atoms with Crippen molar-refractivity contribution in [2.24, 2.45) is 5.92 Å². The smallest absolute Gasteiger partial charge is 0.106 e. The lowest BCUT2D eigenvalue weighted by Gasteiger charge is -2.29. The zero-order chi connectivity index (χ0) is 11.9. The van der Waals surface area contributed by atoms with Crippen molar-refractivity contribution < 1.29 is 0 Å². The number of hydrogen-bond acceptors (Lipinski definition) is 3. The van der Waals surface area contributed by atoms with Crippen LogP contribution in [0.5, 0.6) is 0 Å². The largest absolute Gasteiger partial charge is 0.303 e. The Bertz CT molecular complexity index is 203. The molecule has 0 rings (SSSR count). The molecule has 0 aliphatic rings. The zero-order valence-electron chi connectivity index (χ0n) is 10.8. The lowest BCUT2D eigenvalue weighted by molar-refractivity contribution is 0.270. The molecular formula is C12H25N3. The molecule has 0 aliphatic carbocycles. The topological polar surface area (TPSA) is 39.1 Å². The number of hydrogen-bond donors (Lipinski definition) is 1. The van der Waals surface area contributed by atoms with Crippen molar-refractivity contribution in [3.63, 3.8) is 0 Å². The standard InChI is InChI=1S/C12H25N3/c1-6-15(7-2)9-8-14-12(5,10-13)11(3)4/h11,14H,6-9H2,1-5H3. The van der Waals surface area contributed by atoms with E-state index in [9.17, 15) is 0 Å². The predicted molar refractivity (Wildman–Crippen MR) is 64.6 cm³/mol. The van der Waals surface area contributed by atoms with Gasteiger partial charge in [0.15, 0.2) is 0 Å². The minimum absolute atomic E-state index is 0.333. The van der Waals surface area contributed by atoms with Crippen LogP contribution in [-0.4, -0.2) is 36.6 Å². The highest BCUT2D eigenvalue weighted by Crippen LogP contribution is 2.14. The Morgan fingerprint density at radius 3 is 2.20 bits per heavy atom. The van der Waals surface area contributed by atoms with Crippen molar-refractivity contribution in [3.8, 4) is 6.07 Å². The monoisotopic (exact) mass is 211 g/mol. The van der Waals surface area contributed by atoms with Crippen LogP contribution in [0.2, 0.25) is 0 Å². The lowest BCUT2D eigenvalue weighted by Crippen LogP contribution is -2.48. The van der Waals surface area contributed by atoms with E-state index in [1.807, 2.05) is 6.92 Å². The molecule has 0 amide bonds. The Balaban J connectivity index is 3.98. The third-order valence-corrected chi connectivity index (χ3v) is 3.20. The first kappa shape index (κ1) is 14.4. The Morgan fingerprint density at radius 1 is 1.33 bits per heavy atom. The van der Waals surface area contributed by atoms with E-state index >= 15 is 0 Å². The minimum atomic E-state index is -0.396. The van der Waals surface area contributed by atoms with Gasteiger partial charge in [-0.25, -0.2) is 0 Å². The van der Waals surface area contributed by atoms with Crippen molar-refractivity contribution >= 4 is 0 Å².